The maximum absolute atomic E-state index is 12.0. The van der Waals surface area contributed by atoms with E-state index in [4.69, 9.17) is 4.74 Å². The lowest BCUT2D eigenvalue weighted by atomic mass is 9.88. The summed E-state index contributed by atoms with van der Waals surface area (Å²) < 4.78 is 5.08. The van der Waals surface area contributed by atoms with Gasteiger partial charge in [-0.15, -0.1) is 0 Å². The van der Waals surface area contributed by atoms with E-state index >= 15 is 0 Å². The van der Waals surface area contributed by atoms with Gasteiger partial charge in [-0.1, -0.05) is 31.2 Å². The first-order valence-electron chi connectivity index (χ1n) is 7.69. The number of carbonyl (C=O) groups excluding carboxylic acids is 2. The molecule has 1 amide bonds. The Morgan fingerprint density at radius 2 is 2.10 bits per heavy atom. The second kappa shape index (κ2) is 5.88. The number of esters is 1. The number of ether oxygens (including phenoxy) is 1. The quantitative estimate of drug-likeness (QED) is 0.865. The van der Waals surface area contributed by atoms with E-state index in [0.717, 1.165) is 25.7 Å². The first-order valence-corrected chi connectivity index (χ1v) is 7.69. The zero-order valence-electron chi connectivity index (χ0n) is 12.3. The lowest BCUT2D eigenvalue weighted by molar-refractivity contribution is -0.150. The smallest absolute Gasteiger partial charge is 0.309 e. The lowest BCUT2D eigenvalue weighted by Gasteiger charge is -2.26. The number of hydrogen-bond donors (Lipinski definition) is 1. The molecular formula is C17H21NO3. The predicted molar refractivity (Wildman–Crippen MR) is 78.5 cm³/mol. The van der Waals surface area contributed by atoms with Gasteiger partial charge in [0, 0.05) is 0 Å². The van der Waals surface area contributed by atoms with Crippen molar-refractivity contribution in [1.29, 1.82) is 0 Å². The van der Waals surface area contributed by atoms with Crippen molar-refractivity contribution in [2.75, 3.05) is 6.61 Å². The Bertz CT molecular complexity index is 555. The molecule has 0 aliphatic heterocycles. The number of benzene rings is 1. The van der Waals surface area contributed by atoms with Crippen molar-refractivity contribution in [3.63, 3.8) is 0 Å². The van der Waals surface area contributed by atoms with Crippen LogP contribution in [0.1, 0.15) is 43.4 Å². The number of hydrogen-bond acceptors (Lipinski definition) is 3. The maximum Gasteiger partial charge on any atom is 0.309 e. The second-order valence-corrected chi connectivity index (χ2v) is 6.14. The van der Waals surface area contributed by atoms with Gasteiger partial charge in [0.15, 0.2) is 6.61 Å². The van der Waals surface area contributed by atoms with Crippen LogP contribution in [-0.2, 0) is 20.7 Å². The van der Waals surface area contributed by atoms with Crippen LogP contribution in [0.25, 0.3) is 0 Å². The normalized spacial score (nSPS) is 26.6. The van der Waals surface area contributed by atoms with Crippen molar-refractivity contribution in [3.8, 4) is 0 Å². The van der Waals surface area contributed by atoms with Crippen LogP contribution in [0.2, 0.25) is 0 Å². The third kappa shape index (κ3) is 3.26. The minimum absolute atomic E-state index is 0.00760. The van der Waals surface area contributed by atoms with Crippen LogP contribution in [0, 0.1) is 11.8 Å². The number of aryl methyl sites for hydroxylation is 1. The van der Waals surface area contributed by atoms with Gasteiger partial charge in [-0.05, 0) is 42.7 Å². The Labute approximate surface area is 124 Å². The van der Waals surface area contributed by atoms with E-state index in [1.165, 1.54) is 11.1 Å². The molecule has 0 bridgehead atoms. The highest BCUT2D eigenvalue weighted by molar-refractivity contribution is 5.82. The summed E-state index contributed by atoms with van der Waals surface area (Å²) in [5, 5.41) is 2.98. The standard InChI is InChI=1S/C17H21NO3/c1-11-9-14(11)17(20)21-10-16(19)18-15-8-4-6-12-5-2-3-7-13(12)15/h2-3,5,7,11,14-15H,4,6,8-10H2,1H3,(H,18,19)/t11-,14+,15-/m1/s1. The first-order chi connectivity index (χ1) is 10.1. The molecule has 21 heavy (non-hydrogen) atoms. The van der Waals surface area contributed by atoms with Gasteiger partial charge in [0.05, 0.1) is 12.0 Å². The van der Waals surface area contributed by atoms with Gasteiger partial charge in [-0.2, -0.15) is 0 Å². The number of nitrogens with one attached hydrogen (secondary N) is 1. The van der Waals surface area contributed by atoms with Gasteiger partial charge in [0.25, 0.3) is 5.91 Å². The van der Waals surface area contributed by atoms with Gasteiger partial charge in [-0.3, -0.25) is 9.59 Å². The summed E-state index contributed by atoms with van der Waals surface area (Å²) in [5.74, 6) is -0.0287. The van der Waals surface area contributed by atoms with Crippen molar-refractivity contribution in [2.24, 2.45) is 11.8 Å². The molecule has 112 valence electrons. The molecule has 2 aliphatic carbocycles. The third-order valence-electron chi connectivity index (χ3n) is 4.46. The Morgan fingerprint density at radius 3 is 2.86 bits per heavy atom. The molecule has 1 aromatic carbocycles. The van der Waals surface area contributed by atoms with E-state index in [9.17, 15) is 9.59 Å². The SMILES string of the molecule is C[C@@H]1C[C@@H]1C(=O)OCC(=O)N[C@@H]1CCCc2ccccc21. The van der Waals surface area contributed by atoms with Crippen molar-refractivity contribution in [1.82, 2.24) is 5.32 Å². The Balaban J connectivity index is 1.52. The second-order valence-electron chi connectivity index (χ2n) is 6.14. The molecule has 0 heterocycles. The number of rotatable bonds is 4. The number of amides is 1. The van der Waals surface area contributed by atoms with E-state index < -0.39 is 0 Å². The Morgan fingerprint density at radius 1 is 1.33 bits per heavy atom. The molecule has 0 spiro atoms. The molecule has 0 saturated heterocycles. The Kier molecular flexibility index (Phi) is 3.95. The molecule has 0 radical (unpaired) electrons. The van der Waals surface area contributed by atoms with E-state index in [-0.39, 0.29) is 30.4 Å². The van der Waals surface area contributed by atoms with E-state index in [1.807, 2.05) is 19.1 Å². The van der Waals surface area contributed by atoms with Gasteiger partial charge < -0.3 is 10.1 Å². The fraction of sp³-hybridized carbons (Fsp3) is 0.529. The number of carbonyl (C=O) groups is 2. The molecule has 1 aromatic rings. The zero-order chi connectivity index (χ0) is 14.8. The lowest BCUT2D eigenvalue weighted by Crippen LogP contribution is -2.34. The first kappa shape index (κ1) is 14.1. The van der Waals surface area contributed by atoms with Crippen LogP contribution >= 0.6 is 0 Å². The zero-order valence-corrected chi connectivity index (χ0v) is 12.3. The minimum Gasteiger partial charge on any atom is -0.455 e. The monoisotopic (exact) mass is 287 g/mol. The van der Waals surface area contributed by atoms with Crippen molar-refractivity contribution < 1.29 is 14.3 Å². The molecule has 0 unspecified atom stereocenters. The molecule has 1 saturated carbocycles. The van der Waals surface area contributed by atoms with Crippen LogP contribution < -0.4 is 5.32 Å². The average molecular weight is 287 g/mol. The van der Waals surface area contributed by atoms with E-state index in [0.29, 0.717) is 5.92 Å². The Hall–Kier alpha value is -1.84. The summed E-state index contributed by atoms with van der Waals surface area (Å²) >= 11 is 0. The molecular weight excluding hydrogens is 266 g/mol. The highest BCUT2D eigenvalue weighted by Gasteiger charge is 2.40. The topological polar surface area (TPSA) is 55.4 Å². The van der Waals surface area contributed by atoms with Crippen molar-refractivity contribution >= 4 is 11.9 Å². The van der Waals surface area contributed by atoms with Gasteiger partial charge in [0.2, 0.25) is 0 Å². The fourth-order valence-electron chi connectivity index (χ4n) is 3.03. The van der Waals surface area contributed by atoms with E-state index in [2.05, 4.69) is 17.4 Å². The summed E-state index contributed by atoms with van der Waals surface area (Å²) in [5.41, 5.74) is 2.50. The third-order valence-corrected chi connectivity index (χ3v) is 4.46. The highest BCUT2D eigenvalue weighted by atomic mass is 16.5. The molecule has 4 nitrogen and oxygen atoms in total. The largest absolute Gasteiger partial charge is 0.455 e. The van der Waals surface area contributed by atoms with Crippen LogP contribution in [0.3, 0.4) is 0 Å². The molecule has 3 atom stereocenters. The molecule has 3 rings (SSSR count). The molecule has 1 fully saturated rings. The molecule has 4 heteroatoms. The van der Waals surface area contributed by atoms with Gasteiger partial charge >= 0.3 is 5.97 Å². The number of fused-ring (bicyclic) bond motifs is 1. The average Bonchev–Trinajstić information content (AvgIpc) is 3.22. The maximum atomic E-state index is 12.0. The summed E-state index contributed by atoms with van der Waals surface area (Å²) in [4.78, 5) is 23.6. The summed E-state index contributed by atoms with van der Waals surface area (Å²) in [6, 6.07) is 8.25. The van der Waals surface area contributed by atoms with Crippen LogP contribution in [0.15, 0.2) is 24.3 Å². The van der Waals surface area contributed by atoms with Crippen LogP contribution in [0.4, 0.5) is 0 Å². The van der Waals surface area contributed by atoms with Gasteiger partial charge in [0.1, 0.15) is 0 Å². The summed E-state index contributed by atoms with van der Waals surface area (Å²) in [7, 11) is 0. The fourth-order valence-corrected chi connectivity index (χ4v) is 3.03. The minimum atomic E-state index is -0.235. The van der Waals surface area contributed by atoms with Crippen LogP contribution in [-0.4, -0.2) is 18.5 Å². The molecule has 1 N–H and O–H groups in total. The summed E-state index contributed by atoms with van der Waals surface area (Å²) in [6.45, 7) is 1.85. The summed E-state index contributed by atoms with van der Waals surface area (Å²) in [6.07, 6.45) is 3.96. The molecule has 2 aliphatic rings. The highest BCUT2D eigenvalue weighted by Crippen LogP contribution is 2.38. The predicted octanol–water partition coefficient (Wildman–Crippen LogP) is 2.38. The van der Waals surface area contributed by atoms with Gasteiger partial charge in [-0.25, -0.2) is 0 Å². The van der Waals surface area contributed by atoms with Crippen LogP contribution in [0.5, 0.6) is 0 Å². The van der Waals surface area contributed by atoms with Crippen molar-refractivity contribution in [2.45, 2.75) is 38.6 Å². The van der Waals surface area contributed by atoms with Crippen molar-refractivity contribution in [3.05, 3.63) is 35.4 Å². The van der Waals surface area contributed by atoms with E-state index in [1.54, 1.807) is 0 Å². The molecule has 0 aromatic heterocycles.